The molecule has 2 fully saturated rings. The van der Waals surface area contributed by atoms with Crippen molar-refractivity contribution in [2.24, 2.45) is 5.92 Å². The quantitative estimate of drug-likeness (QED) is 0.710. The highest BCUT2D eigenvalue weighted by molar-refractivity contribution is 7.99. The maximum atomic E-state index is 11.0. The average molecular weight is 215 g/mol. The van der Waals surface area contributed by atoms with Crippen LogP contribution in [0.4, 0.5) is 0 Å². The molecule has 0 bridgehead atoms. The van der Waals surface area contributed by atoms with Gasteiger partial charge in [-0.25, -0.2) is 0 Å². The smallest absolute Gasteiger partial charge is 0.246 e. The molecular formula is C10H17NO2S. The van der Waals surface area contributed by atoms with E-state index >= 15 is 0 Å². The number of carbonyl (C=O) groups is 1. The molecular weight excluding hydrogens is 198 g/mol. The van der Waals surface area contributed by atoms with E-state index in [9.17, 15) is 4.79 Å². The SMILES string of the molecule is CC1(C2CCSCC2)CNC(=O)CO1. The van der Waals surface area contributed by atoms with Crippen LogP contribution in [0.1, 0.15) is 19.8 Å². The van der Waals surface area contributed by atoms with E-state index in [0.717, 1.165) is 0 Å². The zero-order valence-corrected chi connectivity index (χ0v) is 9.36. The molecule has 1 N–H and O–H groups in total. The number of carbonyl (C=O) groups excluding carboxylic acids is 1. The molecule has 1 atom stereocenters. The van der Waals surface area contributed by atoms with Gasteiger partial charge in [0.25, 0.3) is 0 Å². The molecule has 1 amide bonds. The predicted molar refractivity (Wildman–Crippen MR) is 57.4 cm³/mol. The van der Waals surface area contributed by atoms with Gasteiger partial charge in [-0.3, -0.25) is 4.79 Å². The lowest BCUT2D eigenvalue weighted by molar-refractivity contribution is -0.149. The first kappa shape index (κ1) is 10.3. The number of morpholine rings is 1. The van der Waals surface area contributed by atoms with Crippen LogP contribution in [0.2, 0.25) is 0 Å². The fourth-order valence-corrected chi connectivity index (χ4v) is 3.28. The van der Waals surface area contributed by atoms with Crippen LogP contribution >= 0.6 is 11.8 Å². The van der Waals surface area contributed by atoms with Gasteiger partial charge in [0.1, 0.15) is 6.61 Å². The molecule has 14 heavy (non-hydrogen) atoms. The van der Waals surface area contributed by atoms with Crippen molar-refractivity contribution in [2.75, 3.05) is 24.7 Å². The predicted octanol–water partition coefficient (Wildman–Crippen LogP) is 1.03. The lowest BCUT2D eigenvalue weighted by atomic mass is 9.83. The maximum Gasteiger partial charge on any atom is 0.246 e. The lowest BCUT2D eigenvalue weighted by Crippen LogP contribution is -2.55. The molecule has 0 spiro atoms. The molecule has 2 heterocycles. The van der Waals surface area contributed by atoms with Crippen molar-refractivity contribution in [3.63, 3.8) is 0 Å². The summed E-state index contributed by atoms with van der Waals surface area (Å²) in [5, 5.41) is 2.90. The molecule has 0 aromatic carbocycles. The Kier molecular flexibility index (Phi) is 3.02. The third-order valence-electron chi connectivity index (χ3n) is 3.25. The summed E-state index contributed by atoms with van der Waals surface area (Å²) in [7, 11) is 0. The number of rotatable bonds is 1. The number of nitrogens with one attached hydrogen (secondary N) is 1. The van der Waals surface area contributed by atoms with E-state index in [-0.39, 0.29) is 18.1 Å². The van der Waals surface area contributed by atoms with Crippen LogP contribution < -0.4 is 5.32 Å². The van der Waals surface area contributed by atoms with Crippen LogP contribution in [0.15, 0.2) is 0 Å². The number of amides is 1. The van der Waals surface area contributed by atoms with Gasteiger partial charge in [0.05, 0.1) is 5.60 Å². The third kappa shape index (κ3) is 2.06. The van der Waals surface area contributed by atoms with Crippen molar-refractivity contribution in [1.82, 2.24) is 5.32 Å². The van der Waals surface area contributed by atoms with Gasteiger partial charge in [-0.1, -0.05) is 0 Å². The van der Waals surface area contributed by atoms with Gasteiger partial charge in [-0.15, -0.1) is 0 Å². The zero-order valence-electron chi connectivity index (χ0n) is 8.54. The van der Waals surface area contributed by atoms with Gasteiger partial charge in [0.2, 0.25) is 5.91 Å². The van der Waals surface area contributed by atoms with E-state index in [0.29, 0.717) is 12.5 Å². The third-order valence-corrected chi connectivity index (χ3v) is 4.30. The van der Waals surface area contributed by atoms with E-state index in [1.54, 1.807) is 0 Å². The minimum Gasteiger partial charge on any atom is -0.363 e. The number of hydrogen-bond acceptors (Lipinski definition) is 3. The normalized spacial score (nSPS) is 35.4. The summed E-state index contributed by atoms with van der Waals surface area (Å²) in [6.45, 7) is 3.05. The average Bonchev–Trinajstić information content (AvgIpc) is 2.24. The number of thioether (sulfide) groups is 1. The Bertz CT molecular complexity index is 216. The van der Waals surface area contributed by atoms with Gasteiger partial charge in [-0.05, 0) is 37.2 Å². The summed E-state index contributed by atoms with van der Waals surface area (Å²) < 4.78 is 5.70. The molecule has 0 saturated carbocycles. The first-order valence-electron chi connectivity index (χ1n) is 5.19. The standard InChI is InChI=1S/C10H17NO2S/c1-10(7-11-9(12)6-13-10)8-2-4-14-5-3-8/h8H,2-7H2,1H3,(H,11,12). The molecule has 2 saturated heterocycles. The van der Waals surface area contributed by atoms with Crippen LogP contribution in [0.25, 0.3) is 0 Å². The summed E-state index contributed by atoms with van der Waals surface area (Å²) in [4.78, 5) is 11.0. The summed E-state index contributed by atoms with van der Waals surface area (Å²) in [5.41, 5.74) is -0.116. The molecule has 0 aromatic rings. The highest BCUT2D eigenvalue weighted by Gasteiger charge is 2.39. The first-order valence-corrected chi connectivity index (χ1v) is 6.34. The Morgan fingerprint density at radius 2 is 2.21 bits per heavy atom. The van der Waals surface area contributed by atoms with Crippen molar-refractivity contribution in [1.29, 1.82) is 0 Å². The molecule has 0 radical (unpaired) electrons. The van der Waals surface area contributed by atoms with Crippen LogP contribution in [-0.4, -0.2) is 36.2 Å². The van der Waals surface area contributed by atoms with Crippen LogP contribution in [0.5, 0.6) is 0 Å². The van der Waals surface area contributed by atoms with Gasteiger partial charge in [-0.2, -0.15) is 11.8 Å². The summed E-state index contributed by atoms with van der Waals surface area (Å²) in [6.07, 6.45) is 2.44. The van der Waals surface area contributed by atoms with E-state index in [1.165, 1.54) is 24.3 Å². The van der Waals surface area contributed by atoms with Gasteiger partial charge in [0.15, 0.2) is 0 Å². The van der Waals surface area contributed by atoms with E-state index in [4.69, 9.17) is 4.74 Å². The number of hydrogen-bond donors (Lipinski definition) is 1. The Hall–Kier alpha value is -0.220. The summed E-state index contributed by atoms with van der Waals surface area (Å²) in [6, 6.07) is 0. The molecule has 2 aliphatic heterocycles. The highest BCUT2D eigenvalue weighted by Crippen LogP contribution is 2.34. The van der Waals surface area contributed by atoms with Crippen LogP contribution in [0, 0.1) is 5.92 Å². The van der Waals surface area contributed by atoms with Crippen LogP contribution in [0.3, 0.4) is 0 Å². The van der Waals surface area contributed by atoms with E-state index in [1.807, 2.05) is 11.8 Å². The molecule has 2 rings (SSSR count). The monoisotopic (exact) mass is 215 g/mol. The fraction of sp³-hybridized carbons (Fsp3) is 0.900. The number of ether oxygens (including phenoxy) is 1. The van der Waals surface area contributed by atoms with Crippen LogP contribution in [-0.2, 0) is 9.53 Å². The maximum absolute atomic E-state index is 11.0. The second-order valence-electron chi connectivity index (χ2n) is 4.26. The summed E-state index contributed by atoms with van der Waals surface area (Å²) >= 11 is 2.02. The van der Waals surface area contributed by atoms with Crippen molar-refractivity contribution in [3.8, 4) is 0 Å². The second kappa shape index (κ2) is 4.11. The van der Waals surface area contributed by atoms with Crippen molar-refractivity contribution in [2.45, 2.75) is 25.4 Å². The van der Waals surface area contributed by atoms with E-state index in [2.05, 4.69) is 12.2 Å². The molecule has 80 valence electrons. The van der Waals surface area contributed by atoms with E-state index < -0.39 is 0 Å². The Morgan fingerprint density at radius 3 is 2.79 bits per heavy atom. The van der Waals surface area contributed by atoms with Crippen molar-refractivity contribution in [3.05, 3.63) is 0 Å². The summed E-state index contributed by atoms with van der Waals surface area (Å²) in [5.74, 6) is 3.10. The lowest BCUT2D eigenvalue weighted by Gasteiger charge is -2.42. The molecule has 2 aliphatic rings. The van der Waals surface area contributed by atoms with Gasteiger partial charge >= 0.3 is 0 Å². The molecule has 3 nitrogen and oxygen atoms in total. The highest BCUT2D eigenvalue weighted by atomic mass is 32.2. The molecule has 1 unspecified atom stereocenters. The Balaban J connectivity index is 1.96. The molecule has 4 heteroatoms. The fourth-order valence-electron chi connectivity index (χ4n) is 2.18. The van der Waals surface area contributed by atoms with Crippen molar-refractivity contribution >= 4 is 17.7 Å². The van der Waals surface area contributed by atoms with Gasteiger partial charge in [0, 0.05) is 6.54 Å². The Labute approximate surface area is 89.0 Å². The van der Waals surface area contributed by atoms with Crippen molar-refractivity contribution < 1.29 is 9.53 Å². The topological polar surface area (TPSA) is 38.3 Å². The minimum absolute atomic E-state index is 0.0210. The molecule has 0 aliphatic carbocycles. The minimum atomic E-state index is -0.116. The Morgan fingerprint density at radius 1 is 1.50 bits per heavy atom. The molecule has 0 aromatic heterocycles. The zero-order chi connectivity index (χ0) is 10.0. The first-order chi connectivity index (χ1) is 6.71. The van der Waals surface area contributed by atoms with Gasteiger partial charge < -0.3 is 10.1 Å². The largest absolute Gasteiger partial charge is 0.363 e. The second-order valence-corrected chi connectivity index (χ2v) is 5.49.